The minimum Gasteiger partial charge on any atom is -0.258 e. The van der Waals surface area contributed by atoms with Gasteiger partial charge in [0.2, 0.25) is 0 Å². The molecular formula is C18H18N2OS2. The minimum absolute atomic E-state index is 0.468. The molecule has 0 fully saturated rings. The third-order valence-corrected chi connectivity index (χ3v) is 6.65. The van der Waals surface area contributed by atoms with Gasteiger partial charge < -0.3 is 0 Å². The van der Waals surface area contributed by atoms with Gasteiger partial charge in [-0.05, 0) is 42.9 Å². The first-order chi connectivity index (χ1) is 11.3. The Labute approximate surface area is 143 Å². The molecule has 2 aromatic rings. The van der Waals surface area contributed by atoms with E-state index in [0.717, 1.165) is 35.5 Å². The molecule has 1 aromatic carbocycles. The number of aryl methyl sites for hydroxylation is 2. The van der Waals surface area contributed by atoms with Crippen molar-refractivity contribution < 1.29 is 4.21 Å². The molecule has 0 saturated heterocycles. The monoisotopic (exact) mass is 342 g/mol. The number of thioether (sulfide) groups is 1. The SMILES string of the molecule is N#Cc1cc2c(nc1SCS(=O)Cc1ccccc1)CCCC2. The Bertz CT molecular complexity index is 754. The van der Waals surface area contributed by atoms with Gasteiger partial charge in [-0.3, -0.25) is 4.21 Å². The van der Waals surface area contributed by atoms with Crippen LogP contribution >= 0.6 is 11.8 Å². The van der Waals surface area contributed by atoms with Crippen LogP contribution in [0.25, 0.3) is 0 Å². The van der Waals surface area contributed by atoms with Crippen LogP contribution in [0.1, 0.15) is 35.2 Å². The smallest absolute Gasteiger partial charge is 0.115 e. The number of benzene rings is 1. The van der Waals surface area contributed by atoms with E-state index in [4.69, 9.17) is 0 Å². The van der Waals surface area contributed by atoms with Crippen molar-refractivity contribution in [3.05, 3.63) is 58.8 Å². The number of aromatic nitrogens is 1. The molecule has 1 aliphatic carbocycles. The van der Waals surface area contributed by atoms with E-state index in [0.29, 0.717) is 16.4 Å². The first-order valence-electron chi connectivity index (χ1n) is 7.71. The average Bonchev–Trinajstić information content (AvgIpc) is 2.60. The zero-order chi connectivity index (χ0) is 16.1. The average molecular weight is 342 g/mol. The predicted molar refractivity (Wildman–Crippen MR) is 94.6 cm³/mol. The maximum absolute atomic E-state index is 12.3. The Kier molecular flexibility index (Phi) is 5.47. The van der Waals surface area contributed by atoms with Gasteiger partial charge in [0.1, 0.15) is 11.1 Å². The number of nitrogens with zero attached hydrogens (tertiary/aromatic N) is 2. The molecule has 0 saturated carbocycles. The van der Waals surface area contributed by atoms with E-state index in [2.05, 4.69) is 11.1 Å². The van der Waals surface area contributed by atoms with Crippen molar-refractivity contribution in [2.24, 2.45) is 0 Å². The molecule has 118 valence electrons. The van der Waals surface area contributed by atoms with Crippen LogP contribution in [0.5, 0.6) is 0 Å². The molecule has 0 radical (unpaired) electrons. The molecule has 0 spiro atoms. The molecular weight excluding hydrogens is 324 g/mol. The summed E-state index contributed by atoms with van der Waals surface area (Å²) in [5, 5.41) is 10.5. The van der Waals surface area contributed by atoms with Crippen LogP contribution in [-0.2, 0) is 29.4 Å². The summed E-state index contributed by atoms with van der Waals surface area (Å²) in [6, 6.07) is 14.1. The van der Waals surface area contributed by atoms with Crippen molar-refractivity contribution in [2.75, 3.05) is 5.08 Å². The standard InChI is InChI=1S/C18H18N2OS2/c19-11-16-10-15-8-4-5-9-17(15)20-18(16)22-13-23(21)12-14-6-2-1-3-7-14/h1-3,6-7,10H,4-5,8-9,12-13H2. The summed E-state index contributed by atoms with van der Waals surface area (Å²) in [5.74, 6) is 0.542. The zero-order valence-electron chi connectivity index (χ0n) is 12.8. The van der Waals surface area contributed by atoms with Crippen LogP contribution < -0.4 is 0 Å². The van der Waals surface area contributed by atoms with Crippen molar-refractivity contribution >= 4 is 22.6 Å². The second-order valence-electron chi connectivity index (χ2n) is 5.60. The van der Waals surface area contributed by atoms with Crippen molar-refractivity contribution in [2.45, 2.75) is 36.5 Å². The maximum atomic E-state index is 12.3. The summed E-state index contributed by atoms with van der Waals surface area (Å²) in [6.07, 6.45) is 4.34. The third-order valence-electron chi connectivity index (χ3n) is 3.88. The lowest BCUT2D eigenvalue weighted by atomic mass is 9.95. The van der Waals surface area contributed by atoms with Gasteiger partial charge in [0, 0.05) is 22.2 Å². The van der Waals surface area contributed by atoms with Gasteiger partial charge in [0.05, 0.1) is 10.6 Å². The highest BCUT2D eigenvalue weighted by Gasteiger charge is 2.16. The minimum atomic E-state index is -0.970. The van der Waals surface area contributed by atoms with Crippen LogP contribution in [-0.4, -0.2) is 14.3 Å². The van der Waals surface area contributed by atoms with Crippen LogP contribution in [0.4, 0.5) is 0 Å². The summed E-state index contributed by atoms with van der Waals surface area (Å²) in [7, 11) is -0.970. The molecule has 3 rings (SSSR count). The second-order valence-corrected chi connectivity index (χ2v) is 8.38. The summed E-state index contributed by atoms with van der Waals surface area (Å²) >= 11 is 1.44. The van der Waals surface area contributed by atoms with E-state index < -0.39 is 10.8 Å². The van der Waals surface area contributed by atoms with Crippen LogP contribution in [0.3, 0.4) is 0 Å². The van der Waals surface area contributed by atoms with E-state index in [1.54, 1.807) is 0 Å². The van der Waals surface area contributed by atoms with Crippen molar-refractivity contribution in [1.29, 1.82) is 5.26 Å². The quantitative estimate of drug-likeness (QED) is 0.775. The topological polar surface area (TPSA) is 53.8 Å². The van der Waals surface area contributed by atoms with E-state index in [-0.39, 0.29) is 0 Å². The number of nitriles is 1. The predicted octanol–water partition coefficient (Wildman–Crippen LogP) is 3.83. The fourth-order valence-electron chi connectivity index (χ4n) is 2.73. The van der Waals surface area contributed by atoms with Gasteiger partial charge in [-0.25, -0.2) is 4.98 Å². The van der Waals surface area contributed by atoms with Crippen LogP contribution in [0.2, 0.25) is 0 Å². The summed E-state index contributed by atoms with van der Waals surface area (Å²) in [4.78, 5) is 4.67. The van der Waals surface area contributed by atoms with E-state index in [9.17, 15) is 9.47 Å². The lowest BCUT2D eigenvalue weighted by Crippen LogP contribution is -2.08. The second kappa shape index (κ2) is 7.76. The largest absolute Gasteiger partial charge is 0.258 e. The van der Waals surface area contributed by atoms with Crippen LogP contribution in [0.15, 0.2) is 41.4 Å². The molecule has 5 heteroatoms. The first-order valence-corrected chi connectivity index (χ1v) is 10.2. The number of fused-ring (bicyclic) bond motifs is 1. The van der Waals surface area contributed by atoms with Gasteiger partial charge in [-0.1, -0.05) is 42.1 Å². The van der Waals surface area contributed by atoms with Crippen LogP contribution in [0, 0.1) is 11.3 Å². The molecule has 0 aliphatic heterocycles. The first kappa shape index (κ1) is 16.2. The van der Waals surface area contributed by atoms with Gasteiger partial charge >= 0.3 is 0 Å². The number of rotatable bonds is 5. The Morgan fingerprint density at radius 2 is 2.00 bits per heavy atom. The Morgan fingerprint density at radius 3 is 2.78 bits per heavy atom. The highest BCUT2D eigenvalue weighted by molar-refractivity contribution is 8.10. The summed E-state index contributed by atoms with van der Waals surface area (Å²) in [6.45, 7) is 0. The van der Waals surface area contributed by atoms with E-state index >= 15 is 0 Å². The van der Waals surface area contributed by atoms with E-state index in [1.807, 2.05) is 36.4 Å². The Hall–Kier alpha value is -1.64. The Balaban J connectivity index is 1.68. The molecule has 1 aliphatic rings. The summed E-state index contributed by atoms with van der Waals surface area (Å²) < 4.78 is 12.3. The normalized spacial score (nSPS) is 14.7. The fourth-order valence-corrected chi connectivity index (χ4v) is 5.03. The molecule has 1 aromatic heterocycles. The highest BCUT2D eigenvalue weighted by Crippen LogP contribution is 2.27. The highest BCUT2D eigenvalue weighted by atomic mass is 32.2. The van der Waals surface area contributed by atoms with Gasteiger partial charge in [-0.2, -0.15) is 5.26 Å². The molecule has 1 heterocycles. The molecule has 23 heavy (non-hydrogen) atoms. The molecule has 0 N–H and O–H groups in total. The maximum Gasteiger partial charge on any atom is 0.115 e. The zero-order valence-corrected chi connectivity index (χ0v) is 14.5. The molecule has 1 atom stereocenters. The number of pyridine rings is 1. The lowest BCUT2D eigenvalue weighted by Gasteiger charge is -2.16. The lowest BCUT2D eigenvalue weighted by molar-refractivity contribution is 0.660. The summed E-state index contributed by atoms with van der Waals surface area (Å²) in [5.41, 5.74) is 4.02. The Morgan fingerprint density at radius 1 is 1.22 bits per heavy atom. The van der Waals surface area contributed by atoms with Gasteiger partial charge in [0.15, 0.2) is 0 Å². The molecule has 3 nitrogen and oxygen atoms in total. The molecule has 1 unspecified atom stereocenters. The molecule has 0 bridgehead atoms. The third kappa shape index (κ3) is 4.21. The number of hydrogen-bond acceptors (Lipinski definition) is 4. The molecule has 0 amide bonds. The number of hydrogen-bond donors (Lipinski definition) is 0. The van der Waals surface area contributed by atoms with Crippen molar-refractivity contribution in [3.8, 4) is 6.07 Å². The van der Waals surface area contributed by atoms with Crippen molar-refractivity contribution in [3.63, 3.8) is 0 Å². The van der Waals surface area contributed by atoms with E-state index in [1.165, 1.54) is 23.7 Å². The van der Waals surface area contributed by atoms with Crippen molar-refractivity contribution in [1.82, 2.24) is 4.98 Å². The fraction of sp³-hybridized carbons (Fsp3) is 0.333. The van der Waals surface area contributed by atoms with Gasteiger partial charge in [-0.15, -0.1) is 0 Å². The van der Waals surface area contributed by atoms with Gasteiger partial charge in [0.25, 0.3) is 0 Å².